The van der Waals surface area contributed by atoms with Gasteiger partial charge in [0.05, 0.1) is 9.68 Å². The molecule has 0 fully saturated rings. The normalized spacial score (nSPS) is 12.0. The summed E-state index contributed by atoms with van der Waals surface area (Å²) in [6.45, 7) is 8.12. The zero-order chi connectivity index (χ0) is 7.82. The topological polar surface area (TPSA) is 12.0 Å². The van der Waals surface area contributed by atoms with Gasteiger partial charge in [-0.3, -0.25) is 0 Å². The molecule has 0 heterocycles. The predicted octanol–water partition coefficient (Wildman–Crippen LogP) is 1.68. The van der Waals surface area contributed by atoms with Crippen molar-refractivity contribution in [1.82, 2.24) is 4.98 Å². The van der Waals surface area contributed by atoms with Crippen LogP contribution in [-0.2, 0) is 0 Å². The molecule has 62 valence electrons. The van der Waals surface area contributed by atoms with E-state index in [0.717, 1.165) is 5.54 Å². The lowest BCUT2D eigenvalue weighted by molar-refractivity contribution is 0.699. The monoisotopic (exact) mass is 159 g/mol. The maximum Gasteiger partial charge on any atom is 0.0942 e. The van der Waals surface area contributed by atoms with Gasteiger partial charge in [0.2, 0.25) is 0 Å². The summed E-state index contributed by atoms with van der Waals surface area (Å²) in [7, 11) is 0.0681. The maximum absolute atomic E-state index is 3.56. The molecule has 0 aromatic rings. The molecule has 0 saturated carbocycles. The van der Waals surface area contributed by atoms with Crippen molar-refractivity contribution in [3.8, 4) is 0 Å². The average Bonchev–Trinajstić information content (AvgIpc) is 1.87. The van der Waals surface area contributed by atoms with Gasteiger partial charge in [-0.2, -0.15) is 0 Å². The van der Waals surface area contributed by atoms with Crippen LogP contribution < -0.4 is 4.98 Å². The maximum atomic E-state index is 3.56. The largest absolute Gasteiger partial charge is 0.342 e. The van der Waals surface area contributed by atoms with Crippen molar-refractivity contribution in [1.29, 1.82) is 0 Å². The SMILES string of the molecule is CCCCCN[SiH2]C(C)C. The van der Waals surface area contributed by atoms with Crippen LogP contribution in [-0.4, -0.2) is 16.2 Å². The van der Waals surface area contributed by atoms with Gasteiger partial charge in [-0.25, -0.2) is 0 Å². The Hall–Kier alpha value is 0.177. The Morgan fingerprint density at radius 2 is 2.00 bits per heavy atom. The zero-order valence-electron chi connectivity index (χ0n) is 7.61. The third-order valence-corrected chi connectivity index (χ3v) is 2.97. The summed E-state index contributed by atoms with van der Waals surface area (Å²) < 4.78 is 0. The van der Waals surface area contributed by atoms with E-state index in [9.17, 15) is 0 Å². The van der Waals surface area contributed by atoms with Gasteiger partial charge in [0.25, 0.3) is 0 Å². The van der Waals surface area contributed by atoms with E-state index in [0.29, 0.717) is 0 Å². The lowest BCUT2D eigenvalue weighted by Gasteiger charge is -2.04. The first-order valence-electron chi connectivity index (χ1n) is 4.48. The first kappa shape index (κ1) is 10.2. The fourth-order valence-corrected chi connectivity index (χ4v) is 1.92. The van der Waals surface area contributed by atoms with Crippen LogP contribution in [0.1, 0.15) is 40.0 Å². The third kappa shape index (κ3) is 8.18. The van der Waals surface area contributed by atoms with Gasteiger partial charge in [-0.1, -0.05) is 33.6 Å². The van der Waals surface area contributed by atoms with E-state index >= 15 is 0 Å². The van der Waals surface area contributed by atoms with Crippen molar-refractivity contribution in [2.45, 2.75) is 45.6 Å². The van der Waals surface area contributed by atoms with Gasteiger partial charge in [0, 0.05) is 0 Å². The summed E-state index contributed by atoms with van der Waals surface area (Å²) in [5.41, 5.74) is 0.932. The molecular formula is C8H21NSi. The van der Waals surface area contributed by atoms with Gasteiger partial charge in [-0.15, -0.1) is 0 Å². The Morgan fingerprint density at radius 1 is 1.30 bits per heavy atom. The average molecular weight is 159 g/mol. The Balaban J connectivity index is 2.77. The van der Waals surface area contributed by atoms with Crippen LogP contribution in [0.5, 0.6) is 0 Å². The van der Waals surface area contributed by atoms with Crippen molar-refractivity contribution in [3.63, 3.8) is 0 Å². The van der Waals surface area contributed by atoms with Gasteiger partial charge >= 0.3 is 0 Å². The van der Waals surface area contributed by atoms with Crippen LogP contribution in [0.25, 0.3) is 0 Å². The Kier molecular flexibility index (Phi) is 7.41. The molecule has 0 radical (unpaired) electrons. The molecule has 0 aliphatic heterocycles. The number of nitrogens with one attached hydrogen (secondary N) is 1. The molecule has 1 nitrogen and oxygen atoms in total. The third-order valence-electron chi connectivity index (χ3n) is 1.51. The Bertz CT molecular complexity index is 64.3. The second kappa shape index (κ2) is 7.29. The quantitative estimate of drug-likeness (QED) is 0.459. The molecule has 0 saturated heterocycles. The molecule has 0 aromatic heterocycles. The molecule has 0 unspecified atom stereocenters. The van der Waals surface area contributed by atoms with Gasteiger partial charge < -0.3 is 4.98 Å². The van der Waals surface area contributed by atoms with Crippen LogP contribution in [0.4, 0.5) is 0 Å². The van der Waals surface area contributed by atoms with Crippen LogP contribution >= 0.6 is 0 Å². The van der Waals surface area contributed by atoms with Crippen molar-refractivity contribution >= 4 is 9.68 Å². The standard InChI is InChI=1S/C8H21NSi/c1-4-5-6-7-9-10-8(2)3/h8-9H,4-7,10H2,1-3H3. The van der Waals surface area contributed by atoms with Crippen LogP contribution in [0.15, 0.2) is 0 Å². The van der Waals surface area contributed by atoms with Crippen molar-refractivity contribution < 1.29 is 0 Å². The second-order valence-electron chi connectivity index (χ2n) is 3.31. The van der Waals surface area contributed by atoms with E-state index in [-0.39, 0.29) is 9.68 Å². The van der Waals surface area contributed by atoms with Crippen molar-refractivity contribution in [3.05, 3.63) is 0 Å². The number of hydrogen-bond acceptors (Lipinski definition) is 1. The molecule has 0 bridgehead atoms. The molecule has 0 aliphatic carbocycles. The predicted molar refractivity (Wildman–Crippen MR) is 51.2 cm³/mol. The summed E-state index contributed by atoms with van der Waals surface area (Å²) in [5, 5.41) is 0. The molecule has 2 heteroatoms. The molecule has 0 atom stereocenters. The fraction of sp³-hybridized carbons (Fsp3) is 1.00. The van der Waals surface area contributed by atoms with E-state index in [4.69, 9.17) is 0 Å². The highest BCUT2D eigenvalue weighted by molar-refractivity contribution is 6.33. The van der Waals surface area contributed by atoms with Crippen molar-refractivity contribution in [2.75, 3.05) is 6.54 Å². The molecule has 0 aliphatic rings. The number of unbranched alkanes of at least 4 members (excludes halogenated alkanes) is 2. The minimum absolute atomic E-state index is 0.0681. The van der Waals surface area contributed by atoms with Gasteiger partial charge in [-0.05, 0) is 18.5 Å². The van der Waals surface area contributed by atoms with Gasteiger partial charge in [0.15, 0.2) is 0 Å². The first-order valence-corrected chi connectivity index (χ1v) is 6.00. The fourth-order valence-electron chi connectivity index (χ4n) is 0.891. The lowest BCUT2D eigenvalue weighted by atomic mass is 10.3. The van der Waals surface area contributed by atoms with E-state index in [2.05, 4.69) is 25.8 Å². The van der Waals surface area contributed by atoms with Crippen LogP contribution in [0.2, 0.25) is 5.54 Å². The summed E-state index contributed by atoms with van der Waals surface area (Å²) in [6, 6.07) is 0. The number of rotatable bonds is 6. The van der Waals surface area contributed by atoms with E-state index in [1.165, 1.54) is 25.8 Å². The highest BCUT2D eigenvalue weighted by Gasteiger charge is 1.92. The summed E-state index contributed by atoms with van der Waals surface area (Å²) in [6.07, 6.45) is 4.10. The summed E-state index contributed by atoms with van der Waals surface area (Å²) in [4.78, 5) is 3.56. The molecular weight excluding hydrogens is 138 g/mol. The minimum atomic E-state index is 0.0681. The first-order chi connectivity index (χ1) is 4.77. The smallest absolute Gasteiger partial charge is 0.0942 e. The molecule has 1 N–H and O–H groups in total. The Labute approximate surface area is 67.5 Å². The zero-order valence-corrected chi connectivity index (χ0v) is 9.03. The lowest BCUT2D eigenvalue weighted by Crippen LogP contribution is -2.22. The summed E-state index contributed by atoms with van der Waals surface area (Å²) >= 11 is 0. The van der Waals surface area contributed by atoms with E-state index in [1.54, 1.807) is 0 Å². The Morgan fingerprint density at radius 3 is 2.50 bits per heavy atom. The van der Waals surface area contributed by atoms with Crippen LogP contribution in [0, 0.1) is 0 Å². The molecule has 10 heavy (non-hydrogen) atoms. The van der Waals surface area contributed by atoms with E-state index < -0.39 is 0 Å². The highest BCUT2D eigenvalue weighted by atomic mass is 28.2. The molecule has 0 rings (SSSR count). The minimum Gasteiger partial charge on any atom is -0.342 e. The molecule has 0 aromatic carbocycles. The second-order valence-corrected chi connectivity index (χ2v) is 5.85. The highest BCUT2D eigenvalue weighted by Crippen LogP contribution is 1.94. The van der Waals surface area contributed by atoms with Crippen LogP contribution in [0.3, 0.4) is 0 Å². The van der Waals surface area contributed by atoms with Crippen molar-refractivity contribution in [2.24, 2.45) is 0 Å². The van der Waals surface area contributed by atoms with E-state index in [1.807, 2.05) is 0 Å². The van der Waals surface area contributed by atoms with Gasteiger partial charge in [0.1, 0.15) is 0 Å². The summed E-state index contributed by atoms with van der Waals surface area (Å²) in [5.74, 6) is 0. The molecule has 0 spiro atoms. The number of hydrogen-bond donors (Lipinski definition) is 1. The molecule has 0 amide bonds.